The van der Waals surface area contributed by atoms with Crippen molar-refractivity contribution in [2.24, 2.45) is 0 Å². The van der Waals surface area contributed by atoms with Gasteiger partial charge in [-0.05, 0) is 12.5 Å². The van der Waals surface area contributed by atoms with Crippen LogP contribution in [0.1, 0.15) is 43.4 Å². The van der Waals surface area contributed by atoms with E-state index >= 15 is 0 Å². The molecule has 6 heteroatoms. The number of carbonyl (C=O) groups excluding carboxylic acids is 1. The van der Waals surface area contributed by atoms with E-state index in [1.54, 1.807) is 17.7 Å². The van der Waals surface area contributed by atoms with Gasteiger partial charge in [0, 0.05) is 37.3 Å². The average Bonchev–Trinajstić information content (AvgIpc) is 3.09. The van der Waals surface area contributed by atoms with Crippen LogP contribution in [-0.2, 0) is 10.2 Å². The summed E-state index contributed by atoms with van der Waals surface area (Å²) in [4.78, 5) is 17.6. The molecule has 3 rings (SSSR count). The van der Waals surface area contributed by atoms with Crippen molar-refractivity contribution in [3.05, 3.63) is 53.9 Å². The Morgan fingerprint density at radius 3 is 2.59 bits per heavy atom. The number of amides is 1. The molecule has 0 saturated heterocycles. The minimum atomic E-state index is -0.167. The number of benzene rings is 1. The first-order valence-corrected chi connectivity index (χ1v) is 9.14. The molecule has 1 aromatic carbocycles. The Labute approximate surface area is 159 Å². The quantitative estimate of drug-likeness (QED) is 0.679. The van der Waals surface area contributed by atoms with Crippen LogP contribution in [0.2, 0.25) is 0 Å². The highest BCUT2D eigenvalue weighted by Crippen LogP contribution is 2.25. The highest BCUT2D eigenvalue weighted by Gasteiger charge is 2.22. The molecule has 2 heterocycles. The number of methoxy groups -OCH3 is 1. The molecule has 0 spiro atoms. The van der Waals surface area contributed by atoms with Crippen LogP contribution < -0.4 is 5.32 Å². The van der Waals surface area contributed by atoms with E-state index in [0.29, 0.717) is 24.5 Å². The molecule has 1 amide bonds. The summed E-state index contributed by atoms with van der Waals surface area (Å²) in [6.45, 7) is 7.44. The minimum Gasteiger partial charge on any atom is -0.385 e. The molecule has 3 aromatic rings. The Morgan fingerprint density at radius 2 is 1.93 bits per heavy atom. The largest absolute Gasteiger partial charge is 0.385 e. The molecule has 0 radical (unpaired) electrons. The fourth-order valence-electron chi connectivity index (χ4n) is 2.77. The van der Waals surface area contributed by atoms with E-state index < -0.39 is 0 Å². The van der Waals surface area contributed by atoms with Gasteiger partial charge in [-0.3, -0.25) is 4.79 Å². The second kappa shape index (κ2) is 7.88. The van der Waals surface area contributed by atoms with Gasteiger partial charge in [0.1, 0.15) is 5.69 Å². The van der Waals surface area contributed by atoms with Crippen LogP contribution in [0.15, 0.2) is 42.5 Å². The number of carbonyl (C=O) groups is 1. The summed E-state index contributed by atoms with van der Waals surface area (Å²) in [5.41, 5.74) is 3.63. The van der Waals surface area contributed by atoms with Crippen LogP contribution in [0.3, 0.4) is 0 Å². The zero-order valence-electron chi connectivity index (χ0n) is 16.3. The third-order valence-electron chi connectivity index (χ3n) is 4.31. The molecule has 0 unspecified atom stereocenters. The first kappa shape index (κ1) is 19.0. The lowest BCUT2D eigenvalue weighted by Gasteiger charge is -2.13. The summed E-state index contributed by atoms with van der Waals surface area (Å²) < 4.78 is 6.68. The van der Waals surface area contributed by atoms with Crippen LogP contribution in [-0.4, -0.2) is 40.8 Å². The summed E-state index contributed by atoms with van der Waals surface area (Å²) in [5.74, 6) is -0.167. The van der Waals surface area contributed by atoms with Crippen LogP contribution in [0, 0.1) is 0 Å². The SMILES string of the molecule is COCCCNC(=O)c1cc(-c2ccccc2)nc2cc(C(C)(C)C)nn12. The Kier molecular flexibility index (Phi) is 5.56. The third kappa shape index (κ3) is 4.34. The highest BCUT2D eigenvalue weighted by molar-refractivity contribution is 5.94. The van der Waals surface area contributed by atoms with E-state index in [1.807, 2.05) is 36.4 Å². The maximum Gasteiger partial charge on any atom is 0.270 e. The van der Waals surface area contributed by atoms with E-state index in [2.05, 4.69) is 31.2 Å². The molecule has 0 atom stereocenters. The Balaban J connectivity index is 2.05. The zero-order valence-corrected chi connectivity index (χ0v) is 16.3. The van der Waals surface area contributed by atoms with Crippen molar-refractivity contribution in [1.82, 2.24) is 19.9 Å². The maximum atomic E-state index is 12.8. The van der Waals surface area contributed by atoms with Gasteiger partial charge in [0.2, 0.25) is 0 Å². The van der Waals surface area contributed by atoms with E-state index in [-0.39, 0.29) is 11.3 Å². The van der Waals surface area contributed by atoms with Gasteiger partial charge < -0.3 is 10.1 Å². The topological polar surface area (TPSA) is 68.5 Å². The van der Waals surface area contributed by atoms with Crippen molar-refractivity contribution in [2.75, 3.05) is 20.3 Å². The van der Waals surface area contributed by atoms with Crippen LogP contribution in [0.25, 0.3) is 16.9 Å². The van der Waals surface area contributed by atoms with Gasteiger partial charge in [-0.25, -0.2) is 9.50 Å². The van der Waals surface area contributed by atoms with E-state index in [0.717, 1.165) is 23.4 Å². The number of ether oxygens (including phenoxy) is 1. The number of rotatable bonds is 6. The summed E-state index contributed by atoms with van der Waals surface area (Å²) in [7, 11) is 1.65. The summed E-state index contributed by atoms with van der Waals surface area (Å²) in [5, 5.41) is 7.60. The predicted octanol–water partition coefficient (Wildman–Crippen LogP) is 3.46. The van der Waals surface area contributed by atoms with Crippen LogP contribution >= 0.6 is 0 Å². The number of nitrogens with zero attached hydrogens (tertiary/aromatic N) is 3. The number of nitrogens with one attached hydrogen (secondary N) is 1. The third-order valence-corrected chi connectivity index (χ3v) is 4.31. The normalized spacial score (nSPS) is 11.7. The fraction of sp³-hybridized carbons (Fsp3) is 0.381. The molecule has 1 N–H and O–H groups in total. The number of fused-ring (bicyclic) bond motifs is 1. The van der Waals surface area contributed by atoms with Crippen molar-refractivity contribution in [1.29, 1.82) is 0 Å². The van der Waals surface area contributed by atoms with Crippen molar-refractivity contribution in [2.45, 2.75) is 32.6 Å². The predicted molar refractivity (Wildman–Crippen MR) is 106 cm³/mol. The molecule has 0 aliphatic rings. The molecule has 6 nitrogen and oxygen atoms in total. The summed E-state index contributed by atoms with van der Waals surface area (Å²) in [6, 6.07) is 13.6. The first-order chi connectivity index (χ1) is 12.9. The molecule has 0 aliphatic heterocycles. The molecule has 0 bridgehead atoms. The monoisotopic (exact) mass is 366 g/mol. The van der Waals surface area contributed by atoms with Crippen molar-refractivity contribution >= 4 is 11.6 Å². The van der Waals surface area contributed by atoms with Crippen LogP contribution in [0.4, 0.5) is 0 Å². The van der Waals surface area contributed by atoms with Gasteiger partial charge >= 0.3 is 0 Å². The van der Waals surface area contributed by atoms with E-state index in [1.165, 1.54) is 0 Å². The summed E-state index contributed by atoms with van der Waals surface area (Å²) >= 11 is 0. The number of aromatic nitrogens is 3. The number of hydrogen-bond donors (Lipinski definition) is 1. The van der Waals surface area contributed by atoms with Gasteiger partial charge in [-0.2, -0.15) is 5.10 Å². The van der Waals surface area contributed by atoms with Crippen LogP contribution in [0.5, 0.6) is 0 Å². The minimum absolute atomic E-state index is 0.132. The second-order valence-electron chi connectivity index (χ2n) is 7.54. The molecular formula is C21H26N4O2. The molecular weight excluding hydrogens is 340 g/mol. The Bertz CT molecular complexity index is 926. The maximum absolute atomic E-state index is 12.8. The first-order valence-electron chi connectivity index (χ1n) is 9.14. The molecule has 142 valence electrons. The second-order valence-corrected chi connectivity index (χ2v) is 7.54. The van der Waals surface area contributed by atoms with Gasteiger partial charge in [-0.1, -0.05) is 51.1 Å². The average molecular weight is 366 g/mol. The van der Waals surface area contributed by atoms with Crippen molar-refractivity contribution in [3.63, 3.8) is 0 Å². The van der Waals surface area contributed by atoms with Crippen molar-refractivity contribution < 1.29 is 9.53 Å². The van der Waals surface area contributed by atoms with E-state index in [9.17, 15) is 4.79 Å². The van der Waals surface area contributed by atoms with E-state index in [4.69, 9.17) is 9.72 Å². The molecule has 0 aliphatic carbocycles. The van der Waals surface area contributed by atoms with Gasteiger partial charge in [0.25, 0.3) is 5.91 Å². The zero-order chi connectivity index (χ0) is 19.4. The molecule has 0 saturated carbocycles. The fourth-order valence-corrected chi connectivity index (χ4v) is 2.77. The summed E-state index contributed by atoms with van der Waals surface area (Å²) in [6.07, 6.45) is 0.758. The standard InChI is InChI=1S/C21H26N4O2/c1-21(2,3)18-14-19-23-16(15-9-6-5-7-10-15)13-17(25(19)24-18)20(26)22-11-8-12-27-4/h5-7,9-10,13-14H,8,11-12H2,1-4H3,(H,22,26). The smallest absolute Gasteiger partial charge is 0.270 e. The lowest BCUT2D eigenvalue weighted by molar-refractivity contribution is 0.0941. The molecule has 0 fully saturated rings. The number of hydrogen-bond acceptors (Lipinski definition) is 4. The molecule has 27 heavy (non-hydrogen) atoms. The van der Waals surface area contributed by atoms with Gasteiger partial charge in [0.05, 0.1) is 11.4 Å². The Hall–Kier alpha value is -2.73. The highest BCUT2D eigenvalue weighted by atomic mass is 16.5. The van der Waals surface area contributed by atoms with Crippen molar-refractivity contribution in [3.8, 4) is 11.3 Å². The lowest BCUT2D eigenvalue weighted by atomic mass is 9.93. The van der Waals surface area contributed by atoms with Gasteiger partial charge in [0.15, 0.2) is 5.65 Å². The Morgan fingerprint density at radius 1 is 1.19 bits per heavy atom. The lowest BCUT2D eigenvalue weighted by Crippen LogP contribution is -2.27. The van der Waals surface area contributed by atoms with Gasteiger partial charge in [-0.15, -0.1) is 0 Å². The molecule has 2 aromatic heterocycles.